The van der Waals surface area contributed by atoms with Crippen molar-refractivity contribution in [1.82, 2.24) is 35.5 Å². The van der Waals surface area contributed by atoms with Gasteiger partial charge in [-0.25, -0.2) is 4.98 Å². The van der Waals surface area contributed by atoms with Crippen LogP contribution in [0.15, 0.2) is 95.1 Å². The molecule has 5 atom stereocenters. The monoisotopic (exact) mass is 944 g/mol. The van der Waals surface area contributed by atoms with E-state index < -0.39 is 18.1 Å². The van der Waals surface area contributed by atoms with Gasteiger partial charge in [0.1, 0.15) is 18.0 Å². The second kappa shape index (κ2) is 22.4. The van der Waals surface area contributed by atoms with Crippen LogP contribution >= 0.6 is 22.9 Å². The average Bonchev–Trinajstić information content (AvgIpc) is 4.15. The van der Waals surface area contributed by atoms with Gasteiger partial charge in [-0.1, -0.05) is 80.8 Å². The van der Waals surface area contributed by atoms with Crippen LogP contribution in [0, 0.1) is 24.2 Å². The van der Waals surface area contributed by atoms with Gasteiger partial charge in [-0.2, -0.15) is 10.4 Å². The summed E-state index contributed by atoms with van der Waals surface area (Å²) >= 11 is 7.78. The van der Waals surface area contributed by atoms with Gasteiger partial charge in [-0.05, 0) is 98.1 Å². The molecule has 14 nitrogen and oxygen atoms in total. The number of aromatic nitrogens is 4. The van der Waals surface area contributed by atoms with Gasteiger partial charge in [0, 0.05) is 42.4 Å². The molecule has 0 aliphatic carbocycles. The molecule has 1 aliphatic heterocycles. The van der Waals surface area contributed by atoms with E-state index in [-0.39, 0.29) is 48.7 Å². The molecular formula is C51H57ClN8O6S. The van der Waals surface area contributed by atoms with Crippen LogP contribution in [0.2, 0.25) is 5.02 Å². The lowest BCUT2D eigenvalue weighted by atomic mass is 9.91. The van der Waals surface area contributed by atoms with Crippen molar-refractivity contribution in [2.75, 3.05) is 13.2 Å². The molecule has 16 heteroatoms. The lowest BCUT2D eigenvalue weighted by Gasteiger charge is -2.29. The molecule has 1 saturated heterocycles. The predicted molar refractivity (Wildman–Crippen MR) is 257 cm³/mol. The summed E-state index contributed by atoms with van der Waals surface area (Å²) in [4.78, 5) is 47.7. The lowest BCUT2D eigenvalue weighted by molar-refractivity contribution is -0.141. The summed E-state index contributed by atoms with van der Waals surface area (Å²) in [6.07, 6.45) is 5.81. The maximum Gasteiger partial charge on any atom is 0.254 e. The lowest BCUT2D eigenvalue weighted by Crippen LogP contribution is -2.48. The molecule has 0 saturated carbocycles. The number of rotatable bonds is 20. The third kappa shape index (κ3) is 12.4. The standard InChI is InChI=1S/C51H57ClN8O6S/c1-31(2)47(51(64)60-29-41(61)25-44(60)50(63)56-33(4)36-15-17-37(18-16-36)48-34(5)54-30-67-48)45-26-46(58-66-45)65-23-9-7-6-8-10-35-11-13-38(14-12-35)49(62)55-32(3)28-59-22-21-43(57-59)39-19-20-40(27-53)42(52)24-39/h11-22,24,26,30-33,41,44,47,61H,6-10,23,25,28-29H2,1-5H3,(H,55,62)(H,56,63)/t32-,33-,41+,44?,47+/m0/s1. The molecule has 6 aromatic rings. The maximum absolute atomic E-state index is 14.1. The molecular weight excluding hydrogens is 888 g/mol. The molecule has 3 aromatic carbocycles. The highest BCUT2D eigenvalue weighted by Crippen LogP contribution is 2.33. The molecule has 4 heterocycles. The largest absolute Gasteiger partial charge is 0.476 e. The Kier molecular flexibility index (Phi) is 16.3. The predicted octanol–water partition coefficient (Wildman–Crippen LogP) is 9.07. The minimum atomic E-state index is -0.830. The average molecular weight is 946 g/mol. The summed E-state index contributed by atoms with van der Waals surface area (Å²) in [5.41, 5.74) is 8.50. The number of benzene rings is 3. The third-order valence-electron chi connectivity index (χ3n) is 12.1. The van der Waals surface area contributed by atoms with Crippen LogP contribution in [0.5, 0.6) is 5.88 Å². The number of amides is 3. The number of halogens is 1. The van der Waals surface area contributed by atoms with Crippen molar-refractivity contribution in [3.63, 3.8) is 0 Å². The number of carbonyl (C=O) groups excluding carboxylic acids is 3. The third-order valence-corrected chi connectivity index (χ3v) is 13.4. The fourth-order valence-corrected chi connectivity index (χ4v) is 9.44. The van der Waals surface area contributed by atoms with Gasteiger partial charge >= 0.3 is 0 Å². The molecule has 1 aliphatic rings. The summed E-state index contributed by atoms with van der Waals surface area (Å²) in [5, 5.41) is 35.0. The molecule has 3 N–H and O–H groups in total. The molecule has 67 heavy (non-hydrogen) atoms. The molecule has 7 rings (SSSR count). The first-order valence-electron chi connectivity index (χ1n) is 22.8. The first kappa shape index (κ1) is 48.6. The van der Waals surface area contributed by atoms with Gasteiger partial charge in [0.15, 0.2) is 5.76 Å². The number of hydrogen-bond acceptors (Lipinski definition) is 11. The molecule has 3 aromatic heterocycles. The molecule has 0 spiro atoms. The fraction of sp³-hybridized carbons (Fsp3) is 0.392. The van der Waals surface area contributed by atoms with Crippen LogP contribution in [-0.2, 0) is 22.6 Å². The van der Waals surface area contributed by atoms with Crippen molar-refractivity contribution in [3.05, 3.63) is 129 Å². The number of aryl methyl sites for hydroxylation is 2. The first-order valence-corrected chi connectivity index (χ1v) is 24.1. The molecule has 0 bridgehead atoms. The van der Waals surface area contributed by atoms with Crippen LogP contribution in [-0.4, -0.2) is 79.0 Å². The summed E-state index contributed by atoms with van der Waals surface area (Å²) in [5.74, 6) is -1.01. The number of β-amino-alcohol motifs (C(OH)–C–C–N with tert-alkyl or cyclic N) is 1. The quantitative estimate of drug-likeness (QED) is 0.0623. The molecule has 350 valence electrons. The minimum Gasteiger partial charge on any atom is -0.476 e. The Bertz CT molecular complexity index is 2670. The topological polar surface area (TPSA) is 188 Å². The van der Waals surface area contributed by atoms with Gasteiger partial charge < -0.3 is 29.9 Å². The number of thiazole rings is 1. The summed E-state index contributed by atoms with van der Waals surface area (Å²) in [6.45, 7) is 10.6. The smallest absolute Gasteiger partial charge is 0.254 e. The fourth-order valence-electron chi connectivity index (χ4n) is 8.40. The number of carbonyl (C=O) groups is 3. The van der Waals surface area contributed by atoms with Gasteiger partial charge in [0.05, 0.1) is 57.7 Å². The van der Waals surface area contributed by atoms with Crippen LogP contribution in [0.3, 0.4) is 0 Å². The number of ether oxygens (including phenoxy) is 1. The summed E-state index contributed by atoms with van der Waals surface area (Å²) in [6, 6.07) is 25.2. The number of hydrogen-bond donors (Lipinski definition) is 3. The minimum absolute atomic E-state index is 0.0491. The van der Waals surface area contributed by atoms with Crippen molar-refractivity contribution in [3.8, 4) is 33.6 Å². The zero-order chi connectivity index (χ0) is 47.6. The Balaban J connectivity index is 0.810. The van der Waals surface area contributed by atoms with Crippen molar-refractivity contribution in [1.29, 1.82) is 5.26 Å². The molecule has 1 unspecified atom stereocenters. The van der Waals surface area contributed by atoms with Gasteiger partial charge in [0.25, 0.3) is 11.8 Å². The highest BCUT2D eigenvalue weighted by Gasteiger charge is 2.43. The number of aliphatic hydroxyl groups excluding tert-OH is 1. The van der Waals surface area contributed by atoms with Gasteiger partial charge in [0.2, 0.25) is 11.8 Å². The van der Waals surface area contributed by atoms with Crippen LogP contribution in [0.4, 0.5) is 0 Å². The van der Waals surface area contributed by atoms with Crippen molar-refractivity contribution in [2.45, 2.75) is 110 Å². The Hall–Kier alpha value is -6.34. The Morgan fingerprint density at radius 3 is 2.42 bits per heavy atom. The number of nitriles is 1. The number of nitrogens with zero attached hydrogens (tertiary/aromatic N) is 6. The van der Waals surface area contributed by atoms with Crippen LogP contribution < -0.4 is 15.4 Å². The number of aliphatic hydroxyl groups is 1. The zero-order valence-corrected chi connectivity index (χ0v) is 40.0. The number of likely N-dealkylation sites (tertiary alicyclic amines) is 1. The van der Waals surface area contributed by atoms with E-state index in [1.165, 1.54) is 4.90 Å². The van der Waals surface area contributed by atoms with E-state index in [0.29, 0.717) is 40.9 Å². The molecule has 1 fully saturated rings. The number of nitrogens with one attached hydrogen (secondary N) is 2. The number of unbranched alkanes of at least 4 members (excludes halogenated alkanes) is 3. The van der Waals surface area contributed by atoms with E-state index in [1.54, 1.807) is 34.2 Å². The highest BCUT2D eigenvalue weighted by atomic mass is 35.5. The maximum atomic E-state index is 14.1. The van der Waals surface area contributed by atoms with E-state index in [2.05, 4.69) is 31.9 Å². The van der Waals surface area contributed by atoms with Crippen molar-refractivity contribution >= 4 is 40.7 Å². The van der Waals surface area contributed by atoms with Gasteiger partial charge in [-0.3, -0.25) is 19.1 Å². The van der Waals surface area contributed by atoms with Crippen LogP contribution in [0.25, 0.3) is 21.7 Å². The highest BCUT2D eigenvalue weighted by molar-refractivity contribution is 7.13. The van der Waals surface area contributed by atoms with Gasteiger partial charge in [-0.15, -0.1) is 11.3 Å². The van der Waals surface area contributed by atoms with E-state index in [0.717, 1.165) is 70.6 Å². The SMILES string of the molecule is Cc1ncsc1-c1ccc([C@H](C)NC(=O)C2C[C@@H](O)CN2C(=O)[C@@H](c2cc(OCCCCCCc3ccc(C(=O)N[C@@H](C)Cn4ccc(-c5ccc(C#N)c(Cl)c5)n4)cc3)no2)C(C)C)cc1. The zero-order valence-electron chi connectivity index (χ0n) is 38.4. The van der Waals surface area contributed by atoms with Crippen molar-refractivity contribution < 1.29 is 28.8 Å². The van der Waals surface area contributed by atoms with E-state index >= 15 is 0 Å². The van der Waals surface area contributed by atoms with Crippen molar-refractivity contribution in [2.24, 2.45) is 5.92 Å². The Labute approximate surface area is 400 Å². The van der Waals surface area contributed by atoms with E-state index in [9.17, 15) is 19.5 Å². The Morgan fingerprint density at radius 2 is 1.72 bits per heavy atom. The molecule has 3 amide bonds. The molecule has 0 radical (unpaired) electrons. The van der Waals surface area contributed by atoms with E-state index in [4.69, 9.17) is 26.1 Å². The van der Waals surface area contributed by atoms with E-state index in [1.807, 2.05) is 107 Å². The second-order valence-electron chi connectivity index (χ2n) is 17.6. The Morgan fingerprint density at radius 1 is 0.970 bits per heavy atom. The summed E-state index contributed by atoms with van der Waals surface area (Å²) in [7, 11) is 0. The second-order valence-corrected chi connectivity index (χ2v) is 18.9. The summed E-state index contributed by atoms with van der Waals surface area (Å²) < 4.78 is 13.4. The van der Waals surface area contributed by atoms with Crippen LogP contribution in [0.1, 0.15) is 110 Å². The first-order chi connectivity index (χ1) is 32.3. The normalized spacial score (nSPS) is 16.1.